The zero-order chi connectivity index (χ0) is 27.5. The summed E-state index contributed by atoms with van der Waals surface area (Å²) in [5.41, 5.74) is 5.39. The quantitative estimate of drug-likeness (QED) is 0.355. The monoisotopic (exact) mass is 534 g/mol. The maximum atomic E-state index is 10.9. The van der Waals surface area contributed by atoms with E-state index in [1.165, 1.54) is 0 Å². The Hall–Kier alpha value is -3.43. The van der Waals surface area contributed by atoms with E-state index >= 15 is 0 Å². The molecule has 0 saturated carbocycles. The zero-order valence-corrected chi connectivity index (χ0v) is 22.3. The molecule has 2 N–H and O–H groups in total. The van der Waals surface area contributed by atoms with Gasteiger partial charge in [-0.15, -0.1) is 0 Å². The first-order valence-corrected chi connectivity index (χ1v) is 13.0. The molecule has 0 aromatic heterocycles. The van der Waals surface area contributed by atoms with Crippen LogP contribution in [0.4, 0.5) is 0 Å². The molecule has 2 aliphatic heterocycles. The lowest BCUT2D eigenvalue weighted by molar-refractivity contribution is -0.220. The first-order valence-electron chi connectivity index (χ1n) is 13.0. The number of benzene rings is 3. The molecule has 0 radical (unpaired) electrons. The molecule has 2 aliphatic rings. The highest BCUT2D eigenvalue weighted by Gasteiger charge is 2.42. The van der Waals surface area contributed by atoms with Gasteiger partial charge in [-0.05, 0) is 77.6 Å². The van der Waals surface area contributed by atoms with Gasteiger partial charge in [0, 0.05) is 0 Å². The van der Waals surface area contributed by atoms with Crippen LogP contribution in [-0.2, 0) is 31.2 Å². The van der Waals surface area contributed by atoms with Gasteiger partial charge in [0.15, 0.2) is 0 Å². The fourth-order valence-corrected chi connectivity index (χ4v) is 4.97. The molecule has 0 unspecified atom stereocenters. The SMILES string of the molecule is Cc1cc(OCC2(CO)COC2)cc(C)c1-c1cccc(COc2ccc(C3(OCC(=O)O)COC3)cc2)c1. The number of hydrogen-bond donors (Lipinski definition) is 2. The standard InChI is InChI=1S/C31H34O8/c1-21-10-27(38-18-30(15-32)16-35-17-30)11-22(2)29(21)24-5-3-4-23(12-24)13-37-26-8-6-25(7-9-26)31(19-36-20-31)39-14-28(33)34/h3-12,32H,13-20H2,1-2H3,(H,33,34). The second kappa shape index (κ2) is 11.4. The molecule has 39 heavy (non-hydrogen) atoms. The molecule has 0 amide bonds. The van der Waals surface area contributed by atoms with E-state index in [9.17, 15) is 9.90 Å². The minimum absolute atomic E-state index is 0.0546. The van der Waals surface area contributed by atoms with E-state index in [0.29, 0.717) is 45.4 Å². The van der Waals surface area contributed by atoms with Crippen LogP contribution in [0.15, 0.2) is 60.7 Å². The summed E-state index contributed by atoms with van der Waals surface area (Å²) in [5, 5.41) is 18.6. The second-order valence-electron chi connectivity index (χ2n) is 10.6. The largest absolute Gasteiger partial charge is 0.493 e. The van der Waals surface area contributed by atoms with Crippen molar-refractivity contribution in [2.75, 3.05) is 46.2 Å². The lowest BCUT2D eigenvalue weighted by Gasteiger charge is -2.41. The Morgan fingerprint density at radius 1 is 0.897 bits per heavy atom. The van der Waals surface area contributed by atoms with E-state index in [-0.39, 0.29) is 18.6 Å². The van der Waals surface area contributed by atoms with Crippen molar-refractivity contribution in [3.63, 3.8) is 0 Å². The van der Waals surface area contributed by atoms with Crippen molar-refractivity contribution in [1.29, 1.82) is 0 Å². The van der Waals surface area contributed by atoms with Crippen molar-refractivity contribution in [2.45, 2.75) is 26.1 Å². The summed E-state index contributed by atoms with van der Waals surface area (Å²) in [6, 6.07) is 19.9. The first kappa shape index (κ1) is 27.1. The average molecular weight is 535 g/mol. The highest BCUT2D eigenvalue weighted by atomic mass is 16.6. The highest BCUT2D eigenvalue weighted by Crippen LogP contribution is 2.36. The van der Waals surface area contributed by atoms with Crippen LogP contribution in [-0.4, -0.2) is 62.4 Å². The van der Waals surface area contributed by atoms with Crippen LogP contribution in [0.5, 0.6) is 11.5 Å². The van der Waals surface area contributed by atoms with Crippen LogP contribution in [0.25, 0.3) is 11.1 Å². The third-order valence-electron chi connectivity index (χ3n) is 7.35. The fraction of sp³-hybridized carbons (Fsp3) is 0.387. The Morgan fingerprint density at radius 2 is 1.59 bits per heavy atom. The van der Waals surface area contributed by atoms with Gasteiger partial charge in [0.2, 0.25) is 0 Å². The number of rotatable bonds is 12. The Balaban J connectivity index is 1.23. The van der Waals surface area contributed by atoms with Crippen LogP contribution in [0.3, 0.4) is 0 Å². The number of carboxylic acids is 1. The topological polar surface area (TPSA) is 104 Å². The molecular weight excluding hydrogens is 500 g/mol. The molecule has 8 heteroatoms. The van der Waals surface area contributed by atoms with E-state index in [2.05, 4.69) is 26.0 Å². The number of carboxylic acid groups (broad SMARTS) is 1. The van der Waals surface area contributed by atoms with E-state index in [1.807, 2.05) is 48.5 Å². The number of aliphatic carboxylic acids is 1. The van der Waals surface area contributed by atoms with Gasteiger partial charge in [-0.3, -0.25) is 0 Å². The van der Waals surface area contributed by atoms with E-state index < -0.39 is 11.6 Å². The number of aryl methyl sites for hydroxylation is 2. The summed E-state index contributed by atoms with van der Waals surface area (Å²) < 4.78 is 28.3. The smallest absolute Gasteiger partial charge is 0.329 e. The van der Waals surface area contributed by atoms with Crippen molar-refractivity contribution in [1.82, 2.24) is 0 Å². The molecular formula is C31H34O8. The third kappa shape index (κ3) is 5.94. The van der Waals surface area contributed by atoms with Crippen molar-refractivity contribution >= 4 is 5.97 Å². The summed E-state index contributed by atoms with van der Waals surface area (Å²) in [4.78, 5) is 10.9. The van der Waals surface area contributed by atoms with Gasteiger partial charge >= 0.3 is 5.97 Å². The fourth-order valence-electron chi connectivity index (χ4n) is 4.97. The summed E-state index contributed by atoms with van der Waals surface area (Å²) >= 11 is 0. The predicted molar refractivity (Wildman–Crippen MR) is 144 cm³/mol. The molecule has 3 aromatic rings. The van der Waals surface area contributed by atoms with Gasteiger partial charge in [-0.2, -0.15) is 0 Å². The molecule has 5 rings (SSSR count). The number of hydrogen-bond acceptors (Lipinski definition) is 7. The van der Waals surface area contributed by atoms with Gasteiger partial charge in [-0.25, -0.2) is 4.79 Å². The Kier molecular flexibility index (Phi) is 7.91. The number of aliphatic hydroxyl groups excluding tert-OH is 1. The number of aliphatic hydroxyl groups is 1. The third-order valence-corrected chi connectivity index (χ3v) is 7.35. The van der Waals surface area contributed by atoms with E-state index in [1.54, 1.807) is 0 Å². The van der Waals surface area contributed by atoms with Crippen molar-refractivity contribution < 1.29 is 38.7 Å². The maximum Gasteiger partial charge on any atom is 0.329 e. The molecule has 3 aromatic carbocycles. The minimum Gasteiger partial charge on any atom is -0.493 e. The lowest BCUT2D eigenvalue weighted by Crippen LogP contribution is -2.49. The van der Waals surface area contributed by atoms with Crippen LogP contribution in [0, 0.1) is 19.3 Å². The first-order chi connectivity index (χ1) is 18.8. The van der Waals surface area contributed by atoms with Gasteiger partial charge in [0.05, 0.1) is 38.4 Å². The highest BCUT2D eigenvalue weighted by molar-refractivity contribution is 5.72. The van der Waals surface area contributed by atoms with Crippen LogP contribution in [0.2, 0.25) is 0 Å². The molecule has 2 fully saturated rings. The molecule has 2 heterocycles. The van der Waals surface area contributed by atoms with Crippen LogP contribution in [0.1, 0.15) is 22.3 Å². The molecule has 0 atom stereocenters. The predicted octanol–water partition coefficient (Wildman–Crippen LogP) is 4.26. The van der Waals surface area contributed by atoms with Gasteiger partial charge in [0.25, 0.3) is 0 Å². The lowest BCUT2D eigenvalue weighted by atomic mass is 9.88. The van der Waals surface area contributed by atoms with Gasteiger partial charge in [0.1, 0.15) is 36.9 Å². The summed E-state index contributed by atoms with van der Waals surface area (Å²) in [6.45, 7) is 6.38. The Morgan fingerprint density at radius 3 is 2.15 bits per heavy atom. The summed E-state index contributed by atoms with van der Waals surface area (Å²) in [7, 11) is 0. The molecule has 8 nitrogen and oxygen atoms in total. The molecule has 206 valence electrons. The zero-order valence-electron chi connectivity index (χ0n) is 22.3. The van der Waals surface area contributed by atoms with Crippen LogP contribution < -0.4 is 9.47 Å². The minimum atomic E-state index is -1.01. The van der Waals surface area contributed by atoms with Crippen molar-refractivity contribution in [3.05, 3.63) is 82.9 Å². The van der Waals surface area contributed by atoms with E-state index in [4.69, 9.17) is 28.8 Å². The number of carbonyl (C=O) groups is 1. The second-order valence-corrected chi connectivity index (χ2v) is 10.6. The van der Waals surface area contributed by atoms with Gasteiger partial charge < -0.3 is 33.9 Å². The Bertz CT molecular complexity index is 1280. The van der Waals surface area contributed by atoms with E-state index in [0.717, 1.165) is 39.1 Å². The molecule has 0 aliphatic carbocycles. The van der Waals surface area contributed by atoms with Crippen molar-refractivity contribution in [2.24, 2.45) is 5.41 Å². The van der Waals surface area contributed by atoms with Crippen molar-refractivity contribution in [3.8, 4) is 22.6 Å². The summed E-state index contributed by atoms with van der Waals surface area (Å²) in [5.74, 6) is 0.498. The van der Waals surface area contributed by atoms with Crippen LogP contribution >= 0.6 is 0 Å². The Labute approximate surface area is 228 Å². The average Bonchev–Trinajstić information content (AvgIpc) is 2.87. The normalized spacial score (nSPS) is 17.1. The number of ether oxygens (including phenoxy) is 5. The molecule has 2 saturated heterocycles. The summed E-state index contributed by atoms with van der Waals surface area (Å²) in [6.07, 6.45) is 0. The molecule has 0 bridgehead atoms. The van der Waals surface area contributed by atoms with Gasteiger partial charge in [-0.1, -0.05) is 30.3 Å². The maximum absolute atomic E-state index is 10.9. The molecule has 0 spiro atoms.